The minimum atomic E-state index is -3.35. The van der Waals surface area contributed by atoms with Crippen LogP contribution in [0.25, 0.3) is 0 Å². The van der Waals surface area contributed by atoms with Crippen molar-refractivity contribution in [2.45, 2.75) is 19.8 Å². The number of rotatable bonds is 11. The molecule has 0 aliphatic heterocycles. The molecule has 0 radical (unpaired) electrons. The molecule has 0 heterocycles. The lowest BCUT2D eigenvalue weighted by atomic mass is 10.3. The number of hydrogen-bond donors (Lipinski definition) is 2. The number of unbranched alkanes of at least 4 members (excludes halogenated alkanes) is 1. The van der Waals surface area contributed by atoms with Crippen molar-refractivity contribution in [2.24, 2.45) is 0 Å². The third-order valence-corrected chi connectivity index (χ3v) is 4.09. The van der Waals surface area contributed by atoms with Crippen molar-refractivity contribution in [2.75, 3.05) is 37.9 Å². The Hall–Kier alpha value is -1.31. The maximum atomic E-state index is 11.7. The van der Waals surface area contributed by atoms with Gasteiger partial charge in [0.15, 0.2) is 0 Å². The molecule has 0 atom stereocenters. The number of para-hydroxylation sites is 2. The van der Waals surface area contributed by atoms with Crippen LogP contribution in [-0.4, -0.2) is 40.5 Å². The second-order valence-corrected chi connectivity index (χ2v) is 6.49. The molecule has 0 amide bonds. The largest absolute Gasteiger partial charge is 0.490 e. The Morgan fingerprint density at radius 1 is 1.19 bits per heavy atom. The number of benzene rings is 1. The minimum Gasteiger partial charge on any atom is -0.490 e. The number of hydrogen-bond acceptors (Lipinski definition) is 5. The predicted octanol–water partition coefficient (Wildman–Crippen LogP) is 1.38. The van der Waals surface area contributed by atoms with E-state index < -0.39 is 10.0 Å². The van der Waals surface area contributed by atoms with Gasteiger partial charge in [0, 0.05) is 13.2 Å². The summed E-state index contributed by atoms with van der Waals surface area (Å²) in [6.45, 7) is 3.45. The molecule has 0 bridgehead atoms. The lowest BCUT2D eigenvalue weighted by molar-refractivity contribution is 0.136. The van der Waals surface area contributed by atoms with Crippen molar-refractivity contribution in [3.8, 4) is 5.75 Å². The highest BCUT2D eigenvalue weighted by Crippen LogP contribution is 2.19. The molecule has 0 saturated heterocycles. The van der Waals surface area contributed by atoms with E-state index in [1.165, 1.54) is 0 Å². The fourth-order valence-corrected chi connectivity index (χ4v) is 2.40. The third-order valence-electron chi connectivity index (χ3n) is 2.74. The smallest absolute Gasteiger partial charge is 0.215 e. The molecule has 3 N–H and O–H groups in total. The van der Waals surface area contributed by atoms with E-state index in [4.69, 9.17) is 15.2 Å². The summed E-state index contributed by atoms with van der Waals surface area (Å²) in [6, 6.07) is 6.98. The fourth-order valence-electron chi connectivity index (χ4n) is 1.56. The third kappa shape index (κ3) is 7.89. The average molecular weight is 316 g/mol. The lowest BCUT2D eigenvalue weighted by Gasteiger charge is -2.10. The molecular weight excluding hydrogens is 292 g/mol. The van der Waals surface area contributed by atoms with Gasteiger partial charge in [-0.05, 0) is 18.6 Å². The molecular formula is C14H24N2O4S. The van der Waals surface area contributed by atoms with E-state index in [9.17, 15) is 8.42 Å². The zero-order valence-corrected chi connectivity index (χ0v) is 13.2. The molecule has 120 valence electrons. The van der Waals surface area contributed by atoms with E-state index >= 15 is 0 Å². The van der Waals surface area contributed by atoms with Gasteiger partial charge in [-0.3, -0.25) is 0 Å². The summed E-state index contributed by atoms with van der Waals surface area (Å²) in [7, 11) is -3.35. The van der Waals surface area contributed by atoms with Crippen molar-refractivity contribution in [3.05, 3.63) is 24.3 Å². The Morgan fingerprint density at radius 3 is 2.67 bits per heavy atom. The number of ether oxygens (including phenoxy) is 2. The zero-order chi connectivity index (χ0) is 15.6. The lowest BCUT2D eigenvalue weighted by Crippen LogP contribution is -2.31. The minimum absolute atomic E-state index is 0.0558. The topological polar surface area (TPSA) is 90.6 Å². The molecule has 0 unspecified atom stereocenters. The summed E-state index contributed by atoms with van der Waals surface area (Å²) in [4.78, 5) is 0. The molecule has 21 heavy (non-hydrogen) atoms. The Labute approximate surface area is 126 Å². The van der Waals surface area contributed by atoms with Gasteiger partial charge in [0.05, 0.1) is 18.0 Å². The summed E-state index contributed by atoms with van der Waals surface area (Å²) in [5.74, 6) is 0.381. The van der Waals surface area contributed by atoms with Gasteiger partial charge in [0.2, 0.25) is 10.0 Å². The second-order valence-electron chi connectivity index (χ2n) is 4.57. The van der Waals surface area contributed by atoms with Crippen LogP contribution in [0.2, 0.25) is 0 Å². The standard InChI is InChI=1S/C14H24N2O4S/c1-2-3-9-19-10-8-16-21(17,18)12-11-20-14-7-5-4-6-13(14)15/h4-7,16H,2-3,8-12,15H2,1H3. The summed E-state index contributed by atoms with van der Waals surface area (Å²) in [5.41, 5.74) is 6.19. The number of anilines is 1. The molecule has 0 aliphatic rings. The Balaban J connectivity index is 2.19. The predicted molar refractivity (Wildman–Crippen MR) is 83.9 cm³/mol. The van der Waals surface area contributed by atoms with Crippen molar-refractivity contribution in [1.29, 1.82) is 0 Å². The molecule has 1 aromatic rings. The molecule has 1 rings (SSSR count). The van der Waals surface area contributed by atoms with Crippen molar-refractivity contribution < 1.29 is 17.9 Å². The van der Waals surface area contributed by atoms with Gasteiger partial charge in [-0.15, -0.1) is 0 Å². The van der Waals surface area contributed by atoms with Crippen LogP contribution >= 0.6 is 0 Å². The van der Waals surface area contributed by atoms with Gasteiger partial charge in [0.1, 0.15) is 12.4 Å². The highest BCUT2D eigenvalue weighted by molar-refractivity contribution is 7.89. The van der Waals surface area contributed by atoms with Gasteiger partial charge in [-0.2, -0.15) is 0 Å². The summed E-state index contributed by atoms with van der Waals surface area (Å²) < 4.78 is 36.5. The van der Waals surface area contributed by atoms with Crippen LogP contribution in [0.3, 0.4) is 0 Å². The average Bonchev–Trinajstić information content (AvgIpc) is 2.45. The van der Waals surface area contributed by atoms with Crippen molar-refractivity contribution >= 4 is 15.7 Å². The number of nitrogen functional groups attached to an aromatic ring is 1. The first-order chi connectivity index (χ1) is 10.0. The van der Waals surface area contributed by atoms with Crippen LogP contribution in [0.15, 0.2) is 24.3 Å². The van der Waals surface area contributed by atoms with E-state index in [0.717, 1.165) is 12.8 Å². The van der Waals surface area contributed by atoms with Gasteiger partial charge < -0.3 is 15.2 Å². The van der Waals surface area contributed by atoms with E-state index in [-0.39, 0.29) is 18.9 Å². The molecule has 0 saturated carbocycles. The van der Waals surface area contributed by atoms with Gasteiger partial charge in [0.25, 0.3) is 0 Å². The van der Waals surface area contributed by atoms with Crippen LogP contribution in [0.1, 0.15) is 19.8 Å². The molecule has 7 heteroatoms. The monoisotopic (exact) mass is 316 g/mol. The zero-order valence-electron chi connectivity index (χ0n) is 12.4. The summed E-state index contributed by atoms with van der Waals surface area (Å²) in [5, 5.41) is 0. The van der Waals surface area contributed by atoms with Crippen molar-refractivity contribution in [3.63, 3.8) is 0 Å². The summed E-state index contributed by atoms with van der Waals surface area (Å²) in [6.07, 6.45) is 2.05. The van der Waals surface area contributed by atoms with Gasteiger partial charge >= 0.3 is 0 Å². The van der Waals surface area contributed by atoms with E-state index in [1.54, 1.807) is 24.3 Å². The number of nitrogens with one attached hydrogen (secondary N) is 1. The molecule has 6 nitrogen and oxygen atoms in total. The van der Waals surface area contributed by atoms with E-state index in [0.29, 0.717) is 24.7 Å². The SMILES string of the molecule is CCCCOCCNS(=O)(=O)CCOc1ccccc1N. The van der Waals surface area contributed by atoms with Crippen LogP contribution in [0, 0.1) is 0 Å². The van der Waals surface area contributed by atoms with E-state index in [2.05, 4.69) is 11.6 Å². The van der Waals surface area contributed by atoms with Crippen LogP contribution < -0.4 is 15.2 Å². The first-order valence-electron chi connectivity index (χ1n) is 7.07. The fraction of sp³-hybridized carbons (Fsp3) is 0.571. The molecule has 0 aromatic heterocycles. The quantitative estimate of drug-likeness (QED) is 0.475. The van der Waals surface area contributed by atoms with Crippen LogP contribution in [-0.2, 0) is 14.8 Å². The van der Waals surface area contributed by atoms with Crippen molar-refractivity contribution in [1.82, 2.24) is 4.72 Å². The Bertz CT molecular complexity index is 505. The Morgan fingerprint density at radius 2 is 1.95 bits per heavy atom. The van der Waals surface area contributed by atoms with Crippen LogP contribution in [0.5, 0.6) is 5.75 Å². The Kier molecular flexibility index (Phi) is 8.11. The number of nitrogens with two attached hydrogens (primary N) is 1. The van der Waals surface area contributed by atoms with Crippen LogP contribution in [0.4, 0.5) is 5.69 Å². The first-order valence-corrected chi connectivity index (χ1v) is 8.73. The molecule has 0 spiro atoms. The normalized spacial score (nSPS) is 11.5. The molecule has 0 aliphatic carbocycles. The van der Waals surface area contributed by atoms with Gasteiger partial charge in [-0.1, -0.05) is 25.5 Å². The van der Waals surface area contributed by atoms with E-state index in [1.807, 2.05) is 0 Å². The maximum absolute atomic E-state index is 11.7. The summed E-state index contributed by atoms with van der Waals surface area (Å²) >= 11 is 0. The first kappa shape index (κ1) is 17.7. The molecule has 0 fully saturated rings. The molecule has 1 aromatic carbocycles. The highest BCUT2D eigenvalue weighted by Gasteiger charge is 2.10. The second kappa shape index (κ2) is 9.59. The highest BCUT2D eigenvalue weighted by atomic mass is 32.2. The maximum Gasteiger partial charge on any atom is 0.215 e. The number of sulfonamides is 1. The van der Waals surface area contributed by atoms with Gasteiger partial charge in [-0.25, -0.2) is 13.1 Å².